The Morgan fingerprint density at radius 3 is 2.61 bits per heavy atom. The molecule has 5 heteroatoms. The number of phenolic OH excluding ortho intramolecular Hbond substituents is 1. The van der Waals surface area contributed by atoms with Gasteiger partial charge in [-0.3, -0.25) is 0 Å². The number of thiophene rings is 1. The van der Waals surface area contributed by atoms with Gasteiger partial charge in [-0.1, -0.05) is 26.0 Å². The van der Waals surface area contributed by atoms with Crippen molar-refractivity contribution in [3.63, 3.8) is 0 Å². The molecule has 2 heterocycles. The van der Waals surface area contributed by atoms with E-state index in [-0.39, 0.29) is 5.75 Å². The summed E-state index contributed by atoms with van der Waals surface area (Å²) < 4.78 is 0. The second kappa shape index (κ2) is 6.54. The molecule has 0 atom stereocenters. The lowest BCUT2D eigenvalue weighted by Gasteiger charge is -2.10. The van der Waals surface area contributed by atoms with Crippen LogP contribution in [-0.2, 0) is 13.0 Å². The molecule has 2 N–H and O–H groups in total. The minimum absolute atomic E-state index is 0.283. The van der Waals surface area contributed by atoms with E-state index in [0.29, 0.717) is 12.5 Å². The van der Waals surface area contributed by atoms with Gasteiger partial charge in [-0.25, -0.2) is 9.97 Å². The lowest BCUT2D eigenvalue weighted by molar-refractivity contribution is 0.475. The van der Waals surface area contributed by atoms with E-state index < -0.39 is 0 Å². The summed E-state index contributed by atoms with van der Waals surface area (Å²) >= 11 is 1.68. The van der Waals surface area contributed by atoms with Crippen LogP contribution >= 0.6 is 11.3 Å². The molecule has 0 saturated heterocycles. The molecule has 0 fully saturated rings. The maximum atomic E-state index is 9.37. The smallest absolute Gasteiger partial charge is 0.139 e. The standard InChI is InChI=1S/C18H21N3OS/c1-11(2)8-14-10-23-18-16(14)17(20-12(3)21-18)19-9-13-4-6-15(22)7-5-13/h4-7,10-11,22H,8-9H2,1-3H3,(H,19,20,21). The van der Waals surface area contributed by atoms with Crippen LogP contribution in [0.15, 0.2) is 29.6 Å². The third-order valence-electron chi connectivity index (χ3n) is 3.65. The van der Waals surface area contributed by atoms with E-state index in [1.54, 1.807) is 23.5 Å². The molecule has 0 saturated carbocycles. The van der Waals surface area contributed by atoms with Crippen LogP contribution < -0.4 is 5.32 Å². The van der Waals surface area contributed by atoms with Crippen LogP contribution in [0.1, 0.15) is 30.8 Å². The normalized spacial score (nSPS) is 11.3. The molecule has 0 amide bonds. The zero-order valence-electron chi connectivity index (χ0n) is 13.6. The van der Waals surface area contributed by atoms with Gasteiger partial charge in [-0.2, -0.15) is 0 Å². The first-order valence-corrected chi connectivity index (χ1v) is 8.67. The quantitative estimate of drug-likeness (QED) is 0.723. The number of nitrogens with zero attached hydrogens (tertiary/aromatic N) is 2. The summed E-state index contributed by atoms with van der Waals surface area (Å²) in [6.45, 7) is 7.04. The number of aromatic nitrogens is 2. The molecule has 0 unspecified atom stereocenters. The lowest BCUT2D eigenvalue weighted by Crippen LogP contribution is -2.05. The minimum Gasteiger partial charge on any atom is -0.508 e. The summed E-state index contributed by atoms with van der Waals surface area (Å²) in [4.78, 5) is 10.2. The number of nitrogens with one attached hydrogen (secondary N) is 1. The fourth-order valence-electron chi connectivity index (χ4n) is 2.62. The predicted octanol–water partition coefficient (Wildman–Crippen LogP) is 4.52. The first kappa shape index (κ1) is 15.7. The molecule has 2 aromatic heterocycles. The molecule has 23 heavy (non-hydrogen) atoms. The molecule has 3 rings (SSSR count). The van der Waals surface area contributed by atoms with E-state index in [2.05, 4.69) is 34.5 Å². The largest absolute Gasteiger partial charge is 0.508 e. The van der Waals surface area contributed by atoms with Crippen molar-refractivity contribution in [2.24, 2.45) is 5.92 Å². The molecule has 4 nitrogen and oxygen atoms in total. The Labute approximate surface area is 140 Å². The summed E-state index contributed by atoms with van der Waals surface area (Å²) in [5.41, 5.74) is 2.42. The Balaban J connectivity index is 1.91. The summed E-state index contributed by atoms with van der Waals surface area (Å²) in [6, 6.07) is 7.23. The van der Waals surface area contributed by atoms with Crippen LogP contribution in [-0.4, -0.2) is 15.1 Å². The number of hydrogen-bond donors (Lipinski definition) is 2. The first-order chi connectivity index (χ1) is 11.0. The number of phenols is 1. The van der Waals surface area contributed by atoms with Crippen molar-refractivity contribution >= 4 is 27.4 Å². The van der Waals surface area contributed by atoms with E-state index in [0.717, 1.165) is 33.8 Å². The highest BCUT2D eigenvalue weighted by molar-refractivity contribution is 7.17. The molecule has 0 aliphatic heterocycles. The van der Waals surface area contributed by atoms with Gasteiger partial charge in [0.05, 0.1) is 5.39 Å². The van der Waals surface area contributed by atoms with E-state index >= 15 is 0 Å². The van der Waals surface area contributed by atoms with Crippen molar-refractivity contribution < 1.29 is 5.11 Å². The summed E-state index contributed by atoms with van der Waals surface area (Å²) in [7, 11) is 0. The van der Waals surface area contributed by atoms with Crippen molar-refractivity contribution in [3.05, 3.63) is 46.6 Å². The molecule has 3 aromatic rings. The second-order valence-corrected chi connectivity index (χ2v) is 7.04. The number of fused-ring (bicyclic) bond motifs is 1. The Morgan fingerprint density at radius 1 is 1.17 bits per heavy atom. The topological polar surface area (TPSA) is 58.0 Å². The molecule has 0 spiro atoms. The van der Waals surface area contributed by atoms with E-state index in [9.17, 15) is 5.11 Å². The summed E-state index contributed by atoms with van der Waals surface area (Å²) in [5, 5.41) is 16.2. The molecule has 0 bridgehead atoms. The van der Waals surface area contributed by atoms with Crippen LogP contribution in [0, 0.1) is 12.8 Å². The minimum atomic E-state index is 0.283. The van der Waals surface area contributed by atoms with Crippen molar-refractivity contribution in [2.45, 2.75) is 33.7 Å². The predicted molar refractivity (Wildman–Crippen MR) is 96.1 cm³/mol. The van der Waals surface area contributed by atoms with Crippen molar-refractivity contribution in [1.82, 2.24) is 9.97 Å². The highest BCUT2D eigenvalue weighted by atomic mass is 32.1. The maximum absolute atomic E-state index is 9.37. The summed E-state index contributed by atoms with van der Waals surface area (Å²) in [5.74, 6) is 2.56. The summed E-state index contributed by atoms with van der Waals surface area (Å²) in [6.07, 6.45) is 1.03. The van der Waals surface area contributed by atoms with E-state index in [1.165, 1.54) is 5.56 Å². The molecule has 120 valence electrons. The van der Waals surface area contributed by atoms with Gasteiger partial charge in [0.1, 0.15) is 22.2 Å². The molecular formula is C18H21N3OS. The maximum Gasteiger partial charge on any atom is 0.139 e. The molecule has 1 aromatic carbocycles. The van der Waals surface area contributed by atoms with Gasteiger partial charge in [0.2, 0.25) is 0 Å². The average molecular weight is 327 g/mol. The third-order valence-corrected chi connectivity index (χ3v) is 4.57. The fourth-order valence-corrected chi connectivity index (χ4v) is 3.62. The molecule has 0 aliphatic rings. The van der Waals surface area contributed by atoms with Gasteiger partial charge in [0.25, 0.3) is 0 Å². The van der Waals surface area contributed by atoms with Gasteiger partial charge in [0, 0.05) is 6.54 Å². The van der Waals surface area contributed by atoms with Crippen molar-refractivity contribution in [3.8, 4) is 5.75 Å². The van der Waals surface area contributed by atoms with Crippen molar-refractivity contribution in [1.29, 1.82) is 0 Å². The van der Waals surface area contributed by atoms with Crippen LogP contribution in [0.4, 0.5) is 5.82 Å². The van der Waals surface area contributed by atoms with Crippen molar-refractivity contribution in [2.75, 3.05) is 5.32 Å². The fraction of sp³-hybridized carbons (Fsp3) is 0.333. The number of benzene rings is 1. The number of anilines is 1. The molecule has 0 radical (unpaired) electrons. The van der Waals surface area contributed by atoms with Gasteiger partial charge >= 0.3 is 0 Å². The van der Waals surface area contributed by atoms with Crippen LogP contribution in [0.5, 0.6) is 5.75 Å². The first-order valence-electron chi connectivity index (χ1n) is 7.79. The van der Waals surface area contributed by atoms with E-state index in [1.807, 2.05) is 19.1 Å². The van der Waals surface area contributed by atoms with Crippen LogP contribution in [0.3, 0.4) is 0 Å². The lowest BCUT2D eigenvalue weighted by atomic mass is 10.0. The Kier molecular flexibility index (Phi) is 4.48. The third kappa shape index (κ3) is 3.62. The Morgan fingerprint density at radius 2 is 1.91 bits per heavy atom. The highest BCUT2D eigenvalue weighted by Crippen LogP contribution is 2.31. The van der Waals surface area contributed by atoms with Gasteiger partial charge in [-0.15, -0.1) is 11.3 Å². The van der Waals surface area contributed by atoms with Gasteiger partial charge in [-0.05, 0) is 47.9 Å². The molecule has 0 aliphatic carbocycles. The number of hydrogen-bond acceptors (Lipinski definition) is 5. The SMILES string of the molecule is Cc1nc(NCc2ccc(O)cc2)c2c(CC(C)C)csc2n1. The van der Waals surface area contributed by atoms with E-state index in [4.69, 9.17) is 0 Å². The van der Waals surface area contributed by atoms with Gasteiger partial charge in [0.15, 0.2) is 0 Å². The second-order valence-electron chi connectivity index (χ2n) is 6.18. The zero-order chi connectivity index (χ0) is 16.4. The zero-order valence-corrected chi connectivity index (χ0v) is 14.4. The highest BCUT2D eigenvalue weighted by Gasteiger charge is 2.13. The number of aryl methyl sites for hydroxylation is 1. The van der Waals surface area contributed by atoms with Crippen LogP contribution in [0.2, 0.25) is 0 Å². The van der Waals surface area contributed by atoms with Gasteiger partial charge < -0.3 is 10.4 Å². The average Bonchev–Trinajstić information content (AvgIpc) is 2.88. The Bertz CT molecular complexity index is 809. The Hall–Kier alpha value is -2.14. The molecular weight excluding hydrogens is 306 g/mol. The van der Waals surface area contributed by atoms with Crippen LogP contribution in [0.25, 0.3) is 10.2 Å². The number of rotatable bonds is 5. The monoisotopic (exact) mass is 327 g/mol. The number of aromatic hydroxyl groups is 1.